The lowest BCUT2D eigenvalue weighted by Gasteiger charge is -2.17. The van der Waals surface area contributed by atoms with E-state index in [1.165, 1.54) is 17.0 Å². The fourth-order valence-electron chi connectivity index (χ4n) is 4.36. The van der Waals surface area contributed by atoms with E-state index < -0.39 is 5.82 Å². The minimum absolute atomic E-state index is 0.0423. The summed E-state index contributed by atoms with van der Waals surface area (Å²) in [5.74, 6) is -1.06. The highest BCUT2D eigenvalue weighted by Crippen LogP contribution is 2.30. The van der Waals surface area contributed by atoms with Gasteiger partial charge in [0.1, 0.15) is 5.82 Å². The van der Waals surface area contributed by atoms with E-state index in [4.69, 9.17) is 11.6 Å². The van der Waals surface area contributed by atoms with Gasteiger partial charge in [-0.25, -0.2) is 4.39 Å². The van der Waals surface area contributed by atoms with Crippen molar-refractivity contribution in [2.75, 3.05) is 6.54 Å². The molecule has 0 fully saturated rings. The number of hydrogen-bond acceptors (Lipinski definition) is 2. The van der Waals surface area contributed by atoms with Crippen LogP contribution in [0, 0.1) is 5.82 Å². The van der Waals surface area contributed by atoms with Crippen molar-refractivity contribution in [1.29, 1.82) is 0 Å². The van der Waals surface area contributed by atoms with Crippen molar-refractivity contribution in [2.45, 2.75) is 19.5 Å². The van der Waals surface area contributed by atoms with Gasteiger partial charge in [-0.3, -0.25) is 9.59 Å². The standard InChI is InChI=1S/C26H21ClFN3O2/c27-21-8-4-9-22(28)20(21)15-31-14-17-5-3-7-19(24(17)26(31)33)25(32)29-12-11-16-13-30-23-10-2-1-6-18(16)23/h1-10,13,30H,11-12,14-15H2,(H,29,32). The zero-order valence-corrected chi connectivity index (χ0v) is 18.5. The van der Waals surface area contributed by atoms with E-state index in [0.717, 1.165) is 22.0 Å². The van der Waals surface area contributed by atoms with Crippen LogP contribution in [0.4, 0.5) is 4.39 Å². The normalized spacial score (nSPS) is 12.9. The molecular formula is C26H21ClFN3O2. The highest BCUT2D eigenvalue weighted by atomic mass is 35.5. The number of fused-ring (bicyclic) bond motifs is 2. The zero-order valence-electron chi connectivity index (χ0n) is 17.7. The second-order valence-corrected chi connectivity index (χ2v) is 8.47. The lowest BCUT2D eigenvalue weighted by atomic mass is 10.0. The minimum Gasteiger partial charge on any atom is -0.361 e. The highest BCUT2D eigenvalue weighted by Gasteiger charge is 2.32. The monoisotopic (exact) mass is 461 g/mol. The van der Waals surface area contributed by atoms with Crippen molar-refractivity contribution < 1.29 is 14.0 Å². The minimum atomic E-state index is -0.457. The Morgan fingerprint density at radius 1 is 1.09 bits per heavy atom. The molecule has 0 atom stereocenters. The predicted octanol–water partition coefficient (Wildman–Crippen LogP) is 5.09. The third kappa shape index (κ3) is 3.98. The molecule has 0 spiro atoms. The molecule has 1 aliphatic rings. The van der Waals surface area contributed by atoms with E-state index in [9.17, 15) is 14.0 Å². The summed E-state index contributed by atoms with van der Waals surface area (Å²) in [5, 5.41) is 4.33. The number of H-pyrrole nitrogens is 1. The molecule has 33 heavy (non-hydrogen) atoms. The SMILES string of the molecule is O=C(NCCc1c[nH]c2ccccc12)c1cccc2c1C(=O)N(Cc1c(F)cccc1Cl)C2. The molecule has 3 aromatic carbocycles. The molecule has 4 aromatic rings. The van der Waals surface area contributed by atoms with Crippen LogP contribution in [0.2, 0.25) is 5.02 Å². The molecule has 5 nitrogen and oxygen atoms in total. The predicted molar refractivity (Wildman–Crippen MR) is 126 cm³/mol. The maximum absolute atomic E-state index is 14.2. The van der Waals surface area contributed by atoms with Gasteiger partial charge in [-0.2, -0.15) is 0 Å². The first kappa shape index (κ1) is 21.2. The van der Waals surface area contributed by atoms with Gasteiger partial charge in [0.05, 0.1) is 17.7 Å². The Labute approximate surface area is 195 Å². The fourth-order valence-corrected chi connectivity index (χ4v) is 4.58. The summed E-state index contributed by atoms with van der Waals surface area (Å²) in [4.78, 5) is 30.8. The van der Waals surface area contributed by atoms with E-state index >= 15 is 0 Å². The molecule has 5 rings (SSSR count). The Hall–Kier alpha value is -3.64. The molecule has 2 heterocycles. The topological polar surface area (TPSA) is 65.2 Å². The third-order valence-corrected chi connectivity index (χ3v) is 6.38. The first-order chi connectivity index (χ1) is 16.0. The van der Waals surface area contributed by atoms with Gasteiger partial charge in [0.2, 0.25) is 0 Å². The Morgan fingerprint density at radius 2 is 1.91 bits per heavy atom. The number of carbonyl (C=O) groups is 2. The number of halogens is 2. The van der Waals surface area contributed by atoms with E-state index in [-0.39, 0.29) is 28.9 Å². The van der Waals surface area contributed by atoms with Crippen molar-refractivity contribution in [2.24, 2.45) is 0 Å². The summed E-state index contributed by atoms with van der Waals surface area (Å²) in [7, 11) is 0. The number of rotatable bonds is 6. The number of nitrogens with one attached hydrogen (secondary N) is 2. The average molecular weight is 462 g/mol. The molecule has 1 aromatic heterocycles. The number of hydrogen-bond donors (Lipinski definition) is 2. The largest absolute Gasteiger partial charge is 0.361 e. The lowest BCUT2D eigenvalue weighted by Crippen LogP contribution is -2.29. The van der Waals surface area contributed by atoms with Crippen molar-refractivity contribution in [3.8, 4) is 0 Å². The number of carbonyl (C=O) groups excluding carboxylic acids is 2. The van der Waals surface area contributed by atoms with Crippen LogP contribution in [0.15, 0.2) is 66.9 Å². The molecule has 7 heteroatoms. The first-order valence-corrected chi connectivity index (χ1v) is 11.1. The number of benzene rings is 3. The number of aromatic nitrogens is 1. The van der Waals surface area contributed by atoms with Crippen LogP contribution >= 0.6 is 11.6 Å². The van der Waals surface area contributed by atoms with Gasteiger partial charge in [-0.1, -0.05) is 48.0 Å². The maximum Gasteiger partial charge on any atom is 0.255 e. The van der Waals surface area contributed by atoms with E-state index in [0.29, 0.717) is 30.6 Å². The molecule has 0 saturated heterocycles. The molecule has 0 unspecified atom stereocenters. The summed E-state index contributed by atoms with van der Waals surface area (Å²) >= 11 is 6.14. The van der Waals surface area contributed by atoms with Crippen LogP contribution in [0.25, 0.3) is 10.9 Å². The van der Waals surface area contributed by atoms with Crippen LogP contribution in [-0.4, -0.2) is 28.2 Å². The van der Waals surface area contributed by atoms with Crippen molar-refractivity contribution >= 4 is 34.3 Å². The Kier molecular flexibility index (Phi) is 5.60. The summed E-state index contributed by atoms with van der Waals surface area (Å²) in [6.07, 6.45) is 2.61. The van der Waals surface area contributed by atoms with Gasteiger partial charge in [-0.15, -0.1) is 0 Å². The number of aromatic amines is 1. The van der Waals surface area contributed by atoms with Gasteiger partial charge < -0.3 is 15.2 Å². The van der Waals surface area contributed by atoms with Crippen molar-refractivity contribution in [3.05, 3.63) is 106 Å². The van der Waals surface area contributed by atoms with Gasteiger partial charge in [0, 0.05) is 40.8 Å². The lowest BCUT2D eigenvalue weighted by molar-refractivity contribution is 0.0760. The van der Waals surface area contributed by atoms with Gasteiger partial charge in [-0.05, 0) is 41.8 Å². The molecule has 2 N–H and O–H groups in total. The van der Waals surface area contributed by atoms with E-state index in [1.54, 1.807) is 18.2 Å². The van der Waals surface area contributed by atoms with Crippen LogP contribution in [0.5, 0.6) is 0 Å². The Bertz CT molecular complexity index is 1360. The second-order valence-electron chi connectivity index (χ2n) is 8.07. The summed E-state index contributed by atoms with van der Waals surface area (Å²) in [6, 6.07) is 17.7. The molecule has 166 valence electrons. The van der Waals surface area contributed by atoms with Crippen LogP contribution in [-0.2, 0) is 19.5 Å². The molecular weight excluding hydrogens is 441 g/mol. The summed E-state index contributed by atoms with van der Waals surface area (Å²) < 4.78 is 14.2. The fraction of sp³-hybridized carbons (Fsp3) is 0.154. The van der Waals surface area contributed by atoms with E-state index in [1.807, 2.05) is 36.5 Å². The van der Waals surface area contributed by atoms with Crippen molar-refractivity contribution in [3.63, 3.8) is 0 Å². The van der Waals surface area contributed by atoms with Crippen molar-refractivity contribution in [1.82, 2.24) is 15.2 Å². The third-order valence-electron chi connectivity index (χ3n) is 6.02. The second kappa shape index (κ2) is 8.71. The van der Waals surface area contributed by atoms with Gasteiger partial charge in [0.15, 0.2) is 0 Å². The molecule has 2 amide bonds. The van der Waals surface area contributed by atoms with E-state index in [2.05, 4.69) is 10.3 Å². The molecule has 0 aliphatic carbocycles. The van der Waals surface area contributed by atoms with Crippen LogP contribution < -0.4 is 5.32 Å². The molecule has 0 bridgehead atoms. The zero-order chi connectivity index (χ0) is 22.9. The average Bonchev–Trinajstić information content (AvgIpc) is 3.37. The number of amides is 2. The Balaban J connectivity index is 1.30. The molecule has 1 aliphatic heterocycles. The smallest absolute Gasteiger partial charge is 0.255 e. The summed E-state index contributed by atoms with van der Waals surface area (Å²) in [5.41, 5.74) is 3.89. The quantitative estimate of drug-likeness (QED) is 0.420. The number of para-hydroxylation sites is 1. The summed E-state index contributed by atoms with van der Waals surface area (Å²) in [6.45, 7) is 0.781. The van der Waals surface area contributed by atoms with Crippen LogP contribution in [0.1, 0.15) is 37.4 Å². The van der Waals surface area contributed by atoms with Gasteiger partial charge >= 0.3 is 0 Å². The van der Waals surface area contributed by atoms with Gasteiger partial charge in [0.25, 0.3) is 11.8 Å². The highest BCUT2D eigenvalue weighted by molar-refractivity contribution is 6.31. The Morgan fingerprint density at radius 3 is 2.76 bits per heavy atom. The first-order valence-electron chi connectivity index (χ1n) is 10.7. The molecule has 0 saturated carbocycles. The molecule has 0 radical (unpaired) electrons. The van der Waals surface area contributed by atoms with Crippen LogP contribution in [0.3, 0.4) is 0 Å². The number of nitrogens with zero attached hydrogens (tertiary/aromatic N) is 1. The maximum atomic E-state index is 14.2.